The van der Waals surface area contributed by atoms with Gasteiger partial charge in [-0.3, -0.25) is 0 Å². The molecule has 1 heterocycles. The first kappa shape index (κ1) is 13.5. The average molecular weight is 258 g/mol. The van der Waals surface area contributed by atoms with Gasteiger partial charge in [-0.05, 0) is 24.1 Å². The Bertz CT molecular complexity index is 499. The maximum atomic E-state index is 13.1. The monoisotopic (exact) mass is 258 g/mol. The molecule has 2 nitrogen and oxygen atoms in total. The largest absolute Gasteiger partial charge is 0.363 e. The SMILES string of the molecule is CCCCC(Nc1cccc(F)n1)c1ccccc1. The number of anilines is 1. The summed E-state index contributed by atoms with van der Waals surface area (Å²) in [7, 11) is 0. The van der Waals surface area contributed by atoms with E-state index in [-0.39, 0.29) is 6.04 Å². The third kappa shape index (κ3) is 4.05. The molecule has 0 radical (unpaired) electrons. The Hall–Kier alpha value is -1.90. The number of halogens is 1. The maximum absolute atomic E-state index is 13.1. The van der Waals surface area contributed by atoms with E-state index in [0.717, 1.165) is 19.3 Å². The molecule has 100 valence electrons. The zero-order valence-corrected chi connectivity index (χ0v) is 11.1. The maximum Gasteiger partial charge on any atom is 0.214 e. The van der Waals surface area contributed by atoms with E-state index in [1.807, 2.05) is 18.2 Å². The minimum atomic E-state index is -0.452. The van der Waals surface area contributed by atoms with Crippen LogP contribution in [0.3, 0.4) is 0 Å². The summed E-state index contributed by atoms with van der Waals surface area (Å²) >= 11 is 0. The summed E-state index contributed by atoms with van der Waals surface area (Å²) in [5, 5.41) is 3.32. The summed E-state index contributed by atoms with van der Waals surface area (Å²) in [5.41, 5.74) is 1.21. The Balaban J connectivity index is 2.14. The molecule has 0 fully saturated rings. The molecule has 1 N–H and O–H groups in total. The molecule has 0 amide bonds. The van der Waals surface area contributed by atoms with Crippen LogP contribution < -0.4 is 5.32 Å². The fourth-order valence-electron chi connectivity index (χ4n) is 2.08. The molecule has 1 aromatic carbocycles. The molecule has 0 aliphatic heterocycles. The van der Waals surface area contributed by atoms with Crippen molar-refractivity contribution in [1.29, 1.82) is 0 Å². The van der Waals surface area contributed by atoms with Gasteiger partial charge in [0, 0.05) is 0 Å². The van der Waals surface area contributed by atoms with Crippen molar-refractivity contribution in [3.63, 3.8) is 0 Å². The smallest absolute Gasteiger partial charge is 0.214 e. The Labute approximate surface area is 113 Å². The number of rotatable bonds is 6. The molecule has 2 aromatic rings. The molecule has 1 unspecified atom stereocenters. The number of unbranched alkanes of at least 4 members (excludes halogenated alkanes) is 1. The lowest BCUT2D eigenvalue weighted by Crippen LogP contribution is -2.12. The molecule has 19 heavy (non-hydrogen) atoms. The van der Waals surface area contributed by atoms with Gasteiger partial charge in [0.25, 0.3) is 0 Å². The van der Waals surface area contributed by atoms with E-state index >= 15 is 0 Å². The molecule has 0 saturated carbocycles. The van der Waals surface area contributed by atoms with Crippen LogP contribution in [0.4, 0.5) is 10.2 Å². The summed E-state index contributed by atoms with van der Waals surface area (Å²) < 4.78 is 13.1. The van der Waals surface area contributed by atoms with Crippen LogP contribution in [0.25, 0.3) is 0 Å². The van der Waals surface area contributed by atoms with E-state index in [1.165, 1.54) is 11.6 Å². The van der Waals surface area contributed by atoms with E-state index in [1.54, 1.807) is 12.1 Å². The lowest BCUT2D eigenvalue weighted by molar-refractivity contribution is 0.580. The quantitative estimate of drug-likeness (QED) is 0.768. The van der Waals surface area contributed by atoms with Gasteiger partial charge in [0.1, 0.15) is 5.82 Å². The summed E-state index contributed by atoms with van der Waals surface area (Å²) in [6.07, 6.45) is 3.28. The van der Waals surface area contributed by atoms with E-state index in [4.69, 9.17) is 0 Å². The molecule has 0 aliphatic rings. The van der Waals surface area contributed by atoms with Crippen molar-refractivity contribution < 1.29 is 4.39 Å². The minimum Gasteiger partial charge on any atom is -0.363 e. The van der Waals surface area contributed by atoms with Crippen LogP contribution in [-0.4, -0.2) is 4.98 Å². The first-order chi connectivity index (χ1) is 9.29. The second-order valence-corrected chi connectivity index (χ2v) is 4.60. The van der Waals surface area contributed by atoms with E-state index in [2.05, 4.69) is 29.4 Å². The summed E-state index contributed by atoms with van der Waals surface area (Å²) in [4.78, 5) is 3.87. The Morgan fingerprint density at radius 1 is 1.11 bits per heavy atom. The van der Waals surface area contributed by atoms with Crippen molar-refractivity contribution in [3.8, 4) is 0 Å². The topological polar surface area (TPSA) is 24.9 Å². The molecule has 0 bridgehead atoms. The zero-order chi connectivity index (χ0) is 13.5. The van der Waals surface area contributed by atoms with Crippen LogP contribution in [0.2, 0.25) is 0 Å². The Morgan fingerprint density at radius 2 is 1.89 bits per heavy atom. The highest BCUT2D eigenvalue weighted by Crippen LogP contribution is 2.23. The molecule has 1 aromatic heterocycles. The summed E-state index contributed by atoms with van der Waals surface area (Å²) in [5.74, 6) is 0.136. The van der Waals surface area contributed by atoms with Crippen LogP contribution in [0.15, 0.2) is 48.5 Å². The second kappa shape index (κ2) is 6.88. The van der Waals surface area contributed by atoms with Gasteiger partial charge in [0.05, 0.1) is 6.04 Å². The van der Waals surface area contributed by atoms with Crippen LogP contribution in [-0.2, 0) is 0 Å². The molecule has 3 heteroatoms. The third-order valence-corrected chi connectivity index (χ3v) is 3.09. The number of benzene rings is 1. The minimum absolute atomic E-state index is 0.176. The van der Waals surface area contributed by atoms with Gasteiger partial charge in [-0.15, -0.1) is 0 Å². The van der Waals surface area contributed by atoms with Crippen LogP contribution in [0, 0.1) is 5.95 Å². The van der Waals surface area contributed by atoms with Crippen LogP contribution >= 0.6 is 0 Å². The Kier molecular flexibility index (Phi) is 4.90. The summed E-state index contributed by atoms with van der Waals surface area (Å²) in [6.45, 7) is 2.17. The van der Waals surface area contributed by atoms with E-state index in [0.29, 0.717) is 5.82 Å². The summed E-state index contributed by atoms with van der Waals surface area (Å²) in [6, 6.07) is 15.2. The molecule has 1 atom stereocenters. The highest BCUT2D eigenvalue weighted by molar-refractivity contribution is 5.38. The van der Waals surface area contributed by atoms with Crippen molar-refractivity contribution in [1.82, 2.24) is 4.98 Å². The van der Waals surface area contributed by atoms with Crippen molar-refractivity contribution in [2.24, 2.45) is 0 Å². The number of hydrogen-bond acceptors (Lipinski definition) is 2. The molecular weight excluding hydrogens is 239 g/mol. The first-order valence-corrected chi connectivity index (χ1v) is 6.73. The molecule has 0 saturated heterocycles. The Morgan fingerprint density at radius 3 is 2.58 bits per heavy atom. The van der Waals surface area contributed by atoms with Crippen LogP contribution in [0.5, 0.6) is 0 Å². The number of nitrogens with zero attached hydrogens (tertiary/aromatic N) is 1. The molecule has 0 aliphatic carbocycles. The first-order valence-electron chi connectivity index (χ1n) is 6.73. The van der Waals surface area contributed by atoms with Gasteiger partial charge in [0.2, 0.25) is 5.95 Å². The zero-order valence-electron chi connectivity index (χ0n) is 11.1. The van der Waals surface area contributed by atoms with E-state index in [9.17, 15) is 4.39 Å². The van der Waals surface area contributed by atoms with Crippen molar-refractivity contribution in [3.05, 3.63) is 60.0 Å². The molecule has 2 rings (SSSR count). The molecular formula is C16H19FN2. The van der Waals surface area contributed by atoms with Crippen molar-refractivity contribution >= 4 is 5.82 Å². The van der Waals surface area contributed by atoms with Crippen LogP contribution in [0.1, 0.15) is 37.8 Å². The van der Waals surface area contributed by atoms with Gasteiger partial charge < -0.3 is 5.32 Å². The van der Waals surface area contributed by atoms with Gasteiger partial charge in [-0.2, -0.15) is 4.39 Å². The number of hydrogen-bond donors (Lipinski definition) is 1. The van der Waals surface area contributed by atoms with Gasteiger partial charge >= 0.3 is 0 Å². The van der Waals surface area contributed by atoms with Gasteiger partial charge in [0.15, 0.2) is 0 Å². The van der Waals surface area contributed by atoms with Gasteiger partial charge in [-0.1, -0.05) is 56.2 Å². The van der Waals surface area contributed by atoms with E-state index < -0.39 is 5.95 Å². The highest BCUT2D eigenvalue weighted by atomic mass is 19.1. The highest BCUT2D eigenvalue weighted by Gasteiger charge is 2.11. The average Bonchev–Trinajstić information content (AvgIpc) is 2.44. The predicted molar refractivity (Wildman–Crippen MR) is 76.5 cm³/mol. The fourth-order valence-corrected chi connectivity index (χ4v) is 2.08. The predicted octanol–water partition coefficient (Wildman–Crippen LogP) is 4.56. The normalized spacial score (nSPS) is 12.1. The number of pyridine rings is 1. The third-order valence-electron chi connectivity index (χ3n) is 3.09. The lowest BCUT2D eigenvalue weighted by Gasteiger charge is -2.19. The second-order valence-electron chi connectivity index (χ2n) is 4.60. The van der Waals surface area contributed by atoms with Crippen molar-refractivity contribution in [2.45, 2.75) is 32.2 Å². The molecule has 0 spiro atoms. The van der Waals surface area contributed by atoms with Crippen molar-refractivity contribution in [2.75, 3.05) is 5.32 Å². The number of aromatic nitrogens is 1. The van der Waals surface area contributed by atoms with Gasteiger partial charge in [-0.25, -0.2) is 4.98 Å². The lowest BCUT2D eigenvalue weighted by atomic mass is 10.0. The number of nitrogens with one attached hydrogen (secondary N) is 1. The standard InChI is InChI=1S/C16H19FN2/c1-2-3-10-14(13-8-5-4-6-9-13)18-16-12-7-11-15(17)19-16/h4-9,11-12,14H,2-3,10H2,1H3,(H,18,19). The fraction of sp³-hybridized carbons (Fsp3) is 0.312.